The molecule has 0 spiro atoms. The van der Waals surface area contributed by atoms with Crippen LogP contribution in [-0.4, -0.2) is 37.5 Å². The van der Waals surface area contributed by atoms with Crippen LogP contribution in [0.3, 0.4) is 0 Å². The van der Waals surface area contributed by atoms with E-state index in [1.807, 2.05) is 6.07 Å². The summed E-state index contributed by atoms with van der Waals surface area (Å²) in [6.45, 7) is 0.904. The van der Waals surface area contributed by atoms with Gasteiger partial charge in [0.25, 0.3) is 0 Å². The van der Waals surface area contributed by atoms with Crippen molar-refractivity contribution < 1.29 is 14.2 Å². The summed E-state index contributed by atoms with van der Waals surface area (Å²) in [6, 6.07) is 7.24. The first-order valence-electron chi connectivity index (χ1n) is 6.35. The van der Waals surface area contributed by atoms with Crippen LogP contribution < -0.4 is 5.32 Å². The molecule has 1 aromatic carbocycles. The number of hydrogen-bond acceptors (Lipinski definition) is 3. The SMILES string of the molecule is COCC(O)CNC1CC(c2cccc(F)c2)C1. The van der Waals surface area contributed by atoms with Gasteiger partial charge in [-0.05, 0) is 36.5 Å². The third-order valence-electron chi connectivity index (χ3n) is 3.46. The summed E-state index contributed by atoms with van der Waals surface area (Å²) in [5.74, 6) is 0.275. The fourth-order valence-electron chi connectivity index (χ4n) is 2.37. The molecular weight excluding hydrogens is 233 g/mol. The molecule has 18 heavy (non-hydrogen) atoms. The van der Waals surface area contributed by atoms with E-state index in [1.165, 1.54) is 6.07 Å². The average Bonchev–Trinajstić information content (AvgIpc) is 2.27. The van der Waals surface area contributed by atoms with E-state index in [1.54, 1.807) is 19.2 Å². The number of rotatable bonds is 6. The highest BCUT2D eigenvalue weighted by Crippen LogP contribution is 2.36. The smallest absolute Gasteiger partial charge is 0.123 e. The highest BCUT2D eigenvalue weighted by Gasteiger charge is 2.30. The van der Waals surface area contributed by atoms with Crippen molar-refractivity contribution in [1.29, 1.82) is 0 Å². The van der Waals surface area contributed by atoms with Crippen LogP contribution in [0, 0.1) is 5.82 Å². The van der Waals surface area contributed by atoms with Crippen molar-refractivity contribution >= 4 is 0 Å². The van der Waals surface area contributed by atoms with Gasteiger partial charge in [-0.15, -0.1) is 0 Å². The molecule has 0 heterocycles. The molecule has 100 valence electrons. The Labute approximate surface area is 107 Å². The van der Waals surface area contributed by atoms with E-state index in [4.69, 9.17) is 4.74 Å². The first-order chi connectivity index (χ1) is 8.69. The number of aliphatic hydroxyl groups is 1. The van der Waals surface area contributed by atoms with Crippen molar-refractivity contribution in [3.05, 3.63) is 35.6 Å². The Morgan fingerprint density at radius 1 is 1.50 bits per heavy atom. The molecule has 0 amide bonds. The number of nitrogens with one attached hydrogen (secondary N) is 1. The minimum absolute atomic E-state index is 0.167. The molecule has 2 rings (SSSR count). The van der Waals surface area contributed by atoms with Gasteiger partial charge in [0.1, 0.15) is 5.82 Å². The lowest BCUT2D eigenvalue weighted by molar-refractivity contribution is 0.0597. The van der Waals surface area contributed by atoms with Crippen molar-refractivity contribution in [2.24, 2.45) is 0 Å². The van der Waals surface area contributed by atoms with Gasteiger partial charge in [-0.3, -0.25) is 0 Å². The summed E-state index contributed by atoms with van der Waals surface area (Å²) in [4.78, 5) is 0. The molecule has 0 aliphatic heterocycles. The second kappa shape index (κ2) is 6.27. The van der Waals surface area contributed by atoms with Crippen LogP contribution in [-0.2, 0) is 4.74 Å². The number of ether oxygens (including phenoxy) is 1. The van der Waals surface area contributed by atoms with Gasteiger partial charge >= 0.3 is 0 Å². The molecule has 1 aliphatic carbocycles. The van der Waals surface area contributed by atoms with Crippen LogP contribution in [0.25, 0.3) is 0 Å². The molecule has 4 heteroatoms. The highest BCUT2D eigenvalue weighted by molar-refractivity contribution is 5.23. The summed E-state index contributed by atoms with van der Waals surface area (Å²) >= 11 is 0. The van der Waals surface area contributed by atoms with Crippen molar-refractivity contribution in [3.63, 3.8) is 0 Å². The molecule has 1 aliphatic rings. The zero-order valence-corrected chi connectivity index (χ0v) is 10.6. The standard InChI is InChI=1S/C14H20FNO2/c1-18-9-14(17)8-16-13-6-11(7-13)10-3-2-4-12(15)5-10/h2-5,11,13-14,16-17H,6-9H2,1H3. The van der Waals surface area contributed by atoms with Crippen LogP contribution >= 0.6 is 0 Å². The molecule has 0 saturated heterocycles. The van der Waals surface area contributed by atoms with Crippen molar-refractivity contribution in [3.8, 4) is 0 Å². The van der Waals surface area contributed by atoms with Crippen LogP contribution in [0.4, 0.5) is 4.39 Å². The molecule has 2 N–H and O–H groups in total. The maximum Gasteiger partial charge on any atom is 0.123 e. The Balaban J connectivity index is 1.71. The lowest BCUT2D eigenvalue weighted by Gasteiger charge is -2.36. The molecule has 0 bridgehead atoms. The van der Waals surface area contributed by atoms with Crippen LogP contribution in [0.1, 0.15) is 24.3 Å². The quantitative estimate of drug-likeness (QED) is 0.810. The van der Waals surface area contributed by atoms with Crippen molar-refractivity contribution in [2.75, 3.05) is 20.3 Å². The zero-order chi connectivity index (χ0) is 13.0. The Bertz CT molecular complexity index is 380. The van der Waals surface area contributed by atoms with E-state index in [0.29, 0.717) is 25.1 Å². The van der Waals surface area contributed by atoms with E-state index in [0.717, 1.165) is 18.4 Å². The highest BCUT2D eigenvalue weighted by atomic mass is 19.1. The molecule has 0 aromatic heterocycles. The molecule has 3 nitrogen and oxygen atoms in total. The fraction of sp³-hybridized carbons (Fsp3) is 0.571. The molecular formula is C14H20FNO2. The van der Waals surface area contributed by atoms with E-state index < -0.39 is 6.10 Å². The van der Waals surface area contributed by atoms with E-state index in [-0.39, 0.29) is 5.82 Å². The van der Waals surface area contributed by atoms with Crippen LogP contribution in [0.15, 0.2) is 24.3 Å². The predicted molar refractivity (Wildman–Crippen MR) is 68.0 cm³/mol. The van der Waals surface area contributed by atoms with Crippen LogP contribution in [0.5, 0.6) is 0 Å². The fourth-order valence-corrected chi connectivity index (χ4v) is 2.37. The van der Waals surface area contributed by atoms with Crippen molar-refractivity contribution in [2.45, 2.75) is 30.9 Å². The van der Waals surface area contributed by atoms with Gasteiger partial charge < -0.3 is 15.2 Å². The maximum absolute atomic E-state index is 13.1. The van der Waals surface area contributed by atoms with E-state index >= 15 is 0 Å². The monoisotopic (exact) mass is 253 g/mol. The van der Waals surface area contributed by atoms with Gasteiger partial charge in [-0.2, -0.15) is 0 Å². The van der Waals surface area contributed by atoms with E-state index in [9.17, 15) is 9.50 Å². The average molecular weight is 253 g/mol. The van der Waals surface area contributed by atoms with Gasteiger partial charge in [0.2, 0.25) is 0 Å². The number of halogens is 1. The Morgan fingerprint density at radius 2 is 2.28 bits per heavy atom. The topological polar surface area (TPSA) is 41.5 Å². The molecule has 1 atom stereocenters. The van der Waals surface area contributed by atoms with Gasteiger partial charge in [-0.1, -0.05) is 12.1 Å². The Kier molecular flexibility index (Phi) is 4.69. The number of hydrogen-bond donors (Lipinski definition) is 2. The summed E-state index contributed by atoms with van der Waals surface area (Å²) in [6.07, 6.45) is 1.55. The molecule has 1 aromatic rings. The normalized spacial score (nSPS) is 24.6. The summed E-state index contributed by atoms with van der Waals surface area (Å²) in [5, 5.41) is 12.8. The largest absolute Gasteiger partial charge is 0.389 e. The maximum atomic E-state index is 13.1. The minimum atomic E-state index is -0.455. The van der Waals surface area contributed by atoms with Gasteiger partial charge in [-0.25, -0.2) is 4.39 Å². The summed E-state index contributed by atoms with van der Waals surface area (Å²) in [5.41, 5.74) is 1.07. The third-order valence-corrected chi connectivity index (χ3v) is 3.46. The molecule has 1 saturated carbocycles. The van der Waals surface area contributed by atoms with Crippen molar-refractivity contribution in [1.82, 2.24) is 5.32 Å². The lowest BCUT2D eigenvalue weighted by atomic mass is 9.76. The first kappa shape index (κ1) is 13.5. The van der Waals surface area contributed by atoms with Gasteiger partial charge in [0.15, 0.2) is 0 Å². The zero-order valence-electron chi connectivity index (χ0n) is 10.6. The summed E-state index contributed by atoms with van der Waals surface area (Å²) < 4.78 is 17.9. The third kappa shape index (κ3) is 3.51. The first-order valence-corrected chi connectivity index (χ1v) is 6.35. The van der Waals surface area contributed by atoms with Gasteiger partial charge in [0.05, 0.1) is 12.7 Å². The summed E-state index contributed by atoms with van der Waals surface area (Å²) in [7, 11) is 1.58. The molecule has 0 radical (unpaired) electrons. The van der Waals surface area contributed by atoms with Crippen LogP contribution in [0.2, 0.25) is 0 Å². The number of aliphatic hydroxyl groups excluding tert-OH is 1. The minimum Gasteiger partial charge on any atom is -0.389 e. The molecule has 1 unspecified atom stereocenters. The second-order valence-corrected chi connectivity index (χ2v) is 4.94. The lowest BCUT2D eigenvalue weighted by Crippen LogP contribution is -2.44. The number of methoxy groups -OCH3 is 1. The van der Waals surface area contributed by atoms with E-state index in [2.05, 4.69) is 5.32 Å². The Hall–Kier alpha value is -0.970. The number of benzene rings is 1. The molecule has 1 fully saturated rings. The predicted octanol–water partition coefficient (Wildman–Crippen LogP) is 1.67. The Morgan fingerprint density at radius 3 is 2.94 bits per heavy atom. The van der Waals surface area contributed by atoms with Gasteiger partial charge in [0, 0.05) is 19.7 Å². The second-order valence-electron chi connectivity index (χ2n) is 4.94.